The molecule has 0 radical (unpaired) electrons. The first kappa shape index (κ1) is 25.3. The van der Waals surface area contributed by atoms with Crippen LogP contribution in [0.5, 0.6) is 5.75 Å². The Morgan fingerprint density at radius 1 is 0.568 bits per heavy atom. The summed E-state index contributed by atoms with van der Waals surface area (Å²) in [6.45, 7) is 0. The van der Waals surface area contributed by atoms with Crippen molar-refractivity contribution in [2.75, 3.05) is 7.11 Å². The molecule has 0 saturated heterocycles. The van der Waals surface area contributed by atoms with Crippen LogP contribution in [0, 0.1) is 0 Å². The molecule has 2 nitrogen and oxygen atoms in total. The van der Waals surface area contributed by atoms with E-state index in [1.54, 1.807) is 7.11 Å². The van der Waals surface area contributed by atoms with E-state index in [9.17, 15) is 0 Å². The molecule has 0 saturated carbocycles. The average Bonchev–Trinajstić information content (AvgIpc) is 2.98. The topological polar surface area (TPSA) is 21.6 Å². The molecule has 0 spiro atoms. The van der Waals surface area contributed by atoms with Gasteiger partial charge in [0.05, 0.1) is 0 Å². The Morgan fingerprint density at radius 3 is 1.51 bits per heavy atom. The van der Waals surface area contributed by atoms with Gasteiger partial charge < -0.3 is 0 Å². The second-order valence-electron chi connectivity index (χ2n) is 8.77. The molecule has 1 aliphatic heterocycles. The monoisotopic (exact) mass is 539 g/mol. The summed E-state index contributed by atoms with van der Waals surface area (Å²) in [6.07, 6.45) is 0. The van der Waals surface area contributed by atoms with Gasteiger partial charge in [-0.25, -0.2) is 0 Å². The molecule has 1 aliphatic rings. The third-order valence-electron chi connectivity index (χ3n) is 6.87. The van der Waals surface area contributed by atoms with Crippen LogP contribution in [0.25, 0.3) is 0 Å². The first-order chi connectivity index (χ1) is 17.8. The van der Waals surface area contributed by atoms with Gasteiger partial charge in [-0.05, 0) is 0 Å². The molecule has 6 rings (SSSR count). The Morgan fingerprint density at radius 2 is 1.03 bits per heavy atom. The number of para-hydroxylation sites is 1. The molecule has 0 fully saturated rings. The Bertz CT molecular complexity index is 1440. The van der Waals surface area contributed by atoms with Gasteiger partial charge >= 0.3 is 217 Å². The van der Waals surface area contributed by atoms with Crippen molar-refractivity contribution < 1.29 is 4.74 Å². The van der Waals surface area contributed by atoms with E-state index in [2.05, 4.69) is 127 Å². The molecule has 0 N–H and O–H groups in total. The molecule has 0 aromatic heterocycles. The maximum absolute atomic E-state index is 5.54. The van der Waals surface area contributed by atoms with Crippen LogP contribution in [0.15, 0.2) is 149 Å². The number of hydrogen-bond donors (Lipinski definition) is 0. The van der Waals surface area contributed by atoms with Crippen LogP contribution < -0.4 is 20.7 Å². The summed E-state index contributed by atoms with van der Waals surface area (Å²) in [5.41, 5.74) is 3.22. The van der Waals surface area contributed by atoms with Gasteiger partial charge in [-0.3, -0.25) is 0 Å². The van der Waals surface area contributed by atoms with E-state index >= 15 is 0 Å². The summed E-state index contributed by atoms with van der Waals surface area (Å²) >= 11 is 1.99. The van der Waals surface area contributed by atoms with Gasteiger partial charge in [-0.2, -0.15) is 0 Å². The third-order valence-corrected chi connectivity index (χ3v) is 16.9. The van der Waals surface area contributed by atoms with Crippen LogP contribution in [-0.2, 0) is 0 Å². The van der Waals surface area contributed by atoms with E-state index in [0.29, 0.717) is 0 Å². The van der Waals surface area contributed by atoms with Crippen molar-refractivity contribution in [2.45, 2.75) is 4.90 Å². The number of hydrogen-bond acceptors (Lipinski definition) is 3. The molecule has 0 aliphatic carbocycles. The maximum Gasteiger partial charge on any atom is -0.147 e. The van der Waals surface area contributed by atoms with E-state index in [1.165, 1.54) is 20.8 Å². The van der Waals surface area contributed by atoms with Crippen LogP contribution >= 0.6 is 29.6 Å². The Hall–Kier alpha value is -3.36. The van der Waals surface area contributed by atoms with Crippen molar-refractivity contribution in [2.24, 2.45) is 4.99 Å². The second-order valence-corrected chi connectivity index (χ2v) is 16.2. The van der Waals surface area contributed by atoms with Gasteiger partial charge in [-0.1, -0.05) is 0 Å². The van der Waals surface area contributed by atoms with Crippen molar-refractivity contribution in [1.29, 1.82) is 0 Å². The van der Waals surface area contributed by atoms with Gasteiger partial charge in [0.1, 0.15) is 0 Å². The van der Waals surface area contributed by atoms with Crippen LogP contribution in [0.2, 0.25) is 0 Å². The minimum absolute atomic E-state index is 0. The molecule has 1 heterocycles. The molecular weight excluding hydrogens is 513 g/mol. The standard InChI is InChI=1S/C32H26NOPS.ClH/c1-34-26-23-21-25(22-24-26)32-33-30-19-11-12-20-31(30)36-35(32,27-13-5-2-6-14-27,28-15-7-3-8-16-28)29-17-9-4-10-18-29;/h2-24H,1H3;1H. The number of nitrogens with zero attached hydrogens (tertiary/aromatic N) is 1. The summed E-state index contributed by atoms with van der Waals surface area (Å²) in [7, 11) is 1.71. The smallest absolute Gasteiger partial charge is 0.147 e. The number of methoxy groups -OCH3 is 1. The van der Waals surface area contributed by atoms with Crippen LogP contribution in [0.1, 0.15) is 5.56 Å². The summed E-state index contributed by atoms with van der Waals surface area (Å²) in [5.74, 6) is -2.58. The van der Waals surface area contributed by atoms with E-state index in [1.807, 2.05) is 23.5 Å². The molecule has 37 heavy (non-hydrogen) atoms. The first-order valence-corrected chi connectivity index (χ1v) is 15.6. The minimum Gasteiger partial charge on any atom is -0.147 e. The first-order valence-electron chi connectivity index (χ1n) is 12.0. The van der Waals surface area contributed by atoms with Crippen molar-refractivity contribution >= 4 is 56.6 Å². The van der Waals surface area contributed by atoms with Crippen LogP contribution in [0.4, 0.5) is 5.69 Å². The molecular formula is C32H27ClNOPS. The summed E-state index contributed by atoms with van der Waals surface area (Å²) in [4.78, 5) is 6.74. The quantitative estimate of drug-likeness (QED) is 0.213. The normalized spacial score (nSPS) is 16.1. The fraction of sp³-hybridized carbons (Fsp3) is 0.0312. The fourth-order valence-corrected chi connectivity index (χ4v) is 15.6. The zero-order valence-corrected chi connectivity index (χ0v) is 22.9. The van der Waals surface area contributed by atoms with Crippen molar-refractivity contribution in [3.63, 3.8) is 0 Å². The maximum atomic E-state index is 5.54. The van der Waals surface area contributed by atoms with Crippen LogP contribution in [0.3, 0.4) is 0 Å². The molecule has 5 aromatic rings. The van der Waals surface area contributed by atoms with Gasteiger partial charge in [0, 0.05) is 0 Å². The summed E-state index contributed by atoms with van der Waals surface area (Å²) < 4.78 is 5.51. The number of ether oxygens (including phenoxy) is 1. The van der Waals surface area contributed by atoms with Crippen molar-refractivity contribution in [1.82, 2.24) is 0 Å². The Kier molecular flexibility index (Phi) is 6.96. The molecule has 0 amide bonds. The van der Waals surface area contributed by atoms with Crippen LogP contribution in [-0.4, -0.2) is 12.6 Å². The van der Waals surface area contributed by atoms with Gasteiger partial charge in [-0.15, -0.1) is 12.4 Å². The van der Waals surface area contributed by atoms with Crippen molar-refractivity contribution in [3.05, 3.63) is 145 Å². The minimum atomic E-state index is -3.42. The average molecular weight is 540 g/mol. The largest absolute Gasteiger partial charge is 0.147 e. The number of halogens is 1. The SMILES string of the molecule is COc1ccc(C2=Nc3ccccc3SP2(c2ccccc2)(c2ccccc2)c2ccccc2)cc1.Cl. The molecule has 0 atom stereocenters. The molecule has 0 bridgehead atoms. The third kappa shape index (κ3) is 3.81. The number of benzene rings is 5. The predicted octanol–water partition coefficient (Wildman–Crippen LogP) is 7.75. The van der Waals surface area contributed by atoms with E-state index < -0.39 is 5.81 Å². The van der Waals surface area contributed by atoms with Gasteiger partial charge in [0.15, 0.2) is 0 Å². The number of rotatable bonds is 5. The summed E-state index contributed by atoms with van der Waals surface area (Å²) in [5, 5.41) is 3.86. The summed E-state index contributed by atoms with van der Waals surface area (Å²) in [6, 6.07) is 49.9. The predicted molar refractivity (Wildman–Crippen MR) is 164 cm³/mol. The number of aliphatic imine (C=N–C) groups is 1. The van der Waals surface area contributed by atoms with E-state index in [0.717, 1.165) is 22.5 Å². The molecule has 5 heteroatoms. The van der Waals surface area contributed by atoms with Crippen molar-refractivity contribution in [3.8, 4) is 5.75 Å². The second kappa shape index (κ2) is 10.2. The zero-order chi connectivity index (χ0) is 24.5. The van der Waals surface area contributed by atoms with E-state index in [-0.39, 0.29) is 12.4 Å². The van der Waals surface area contributed by atoms with Gasteiger partial charge in [0.2, 0.25) is 0 Å². The Labute approximate surface area is 228 Å². The fourth-order valence-electron chi connectivity index (χ4n) is 5.24. The molecule has 184 valence electrons. The zero-order valence-electron chi connectivity index (χ0n) is 20.4. The van der Waals surface area contributed by atoms with E-state index in [4.69, 9.17) is 9.73 Å². The number of fused-ring (bicyclic) bond motifs is 1. The molecule has 0 unspecified atom stereocenters. The van der Waals surface area contributed by atoms with Gasteiger partial charge in [0.25, 0.3) is 0 Å². The molecule has 5 aromatic carbocycles. The Balaban J connectivity index is 0.00000280.